The molecule has 6 heterocycles. The zero-order valence-corrected chi connectivity index (χ0v) is 31.4. The summed E-state index contributed by atoms with van der Waals surface area (Å²) in [6.45, 7) is 4.68. The molecule has 0 radical (unpaired) electrons. The van der Waals surface area contributed by atoms with Gasteiger partial charge in [-0.1, -0.05) is 60.7 Å². The van der Waals surface area contributed by atoms with E-state index in [1.807, 2.05) is 60.7 Å². The van der Waals surface area contributed by atoms with E-state index in [0.29, 0.717) is 63.2 Å². The Morgan fingerprint density at radius 1 is 0.661 bits per heavy atom. The van der Waals surface area contributed by atoms with Crippen LogP contribution in [0.25, 0.3) is 0 Å². The third kappa shape index (κ3) is 7.39. The van der Waals surface area contributed by atoms with Crippen molar-refractivity contribution in [3.05, 3.63) is 137 Å². The molecule has 0 saturated carbocycles. The molecular weight excluding hydrogens is 728 g/mol. The Morgan fingerprint density at radius 2 is 1.05 bits per heavy atom. The van der Waals surface area contributed by atoms with Gasteiger partial charge < -0.3 is 38.6 Å². The Balaban J connectivity index is 0.000000172. The predicted molar refractivity (Wildman–Crippen MR) is 200 cm³/mol. The molecule has 4 aliphatic heterocycles. The van der Waals surface area contributed by atoms with Crippen LogP contribution in [0, 0.1) is 13.8 Å². The molecular formula is C40H48N4O12. The van der Waals surface area contributed by atoms with Gasteiger partial charge in [0, 0.05) is 62.4 Å². The normalized spacial score (nSPS) is 29.6. The number of aliphatic hydroxyl groups excluding tert-OH is 2. The van der Waals surface area contributed by atoms with E-state index in [4.69, 9.17) is 28.4 Å². The molecule has 6 atom stereocenters. The number of nitrogens with zero attached hydrogens (tertiary/aromatic N) is 2. The highest BCUT2D eigenvalue weighted by Crippen LogP contribution is 2.52. The fraction of sp³-hybridized carbons (Fsp3) is 0.500. The van der Waals surface area contributed by atoms with Crippen LogP contribution < -0.4 is 22.5 Å². The highest BCUT2D eigenvalue weighted by molar-refractivity contribution is 5.18. The number of aliphatic hydroxyl groups is 2. The van der Waals surface area contributed by atoms with Crippen molar-refractivity contribution in [3.63, 3.8) is 0 Å². The van der Waals surface area contributed by atoms with Crippen LogP contribution >= 0.6 is 0 Å². The van der Waals surface area contributed by atoms with Gasteiger partial charge in [-0.2, -0.15) is 0 Å². The van der Waals surface area contributed by atoms with Crippen molar-refractivity contribution in [2.24, 2.45) is 0 Å². The summed E-state index contributed by atoms with van der Waals surface area (Å²) in [5.41, 5.74) is -2.86. The standard InChI is InChI=1S/2C20H24N2O6/c2*1-14-10-22(18(25)21-17(14)24)16-9-19(27-11-15-5-3-2-4-6-15)7-8-26-13-20(19,12-23)28-16/h2*2-6,10,16,23H,7-9,11-13H2,1H3,(H,21,24,25)/t2*16-,19-,20-/m11/s1. The maximum Gasteiger partial charge on any atom is 0.330 e. The molecule has 16 nitrogen and oxygen atoms in total. The largest absolute Gasteiger partial charge is 0.393 e. The lowest BCUT2D eigenvalue weighted by Crippen LogP contribution is -2.61. The Hall–Kier alpha value is -4.52. The number of H-pyrrole nitrogens is 2. The molecule has 4 fully saturated rings. The Kier molecular flexibility index (Phi) is 11.5. The average Bonchev–Trinajstić information content (AvgIpc) is 3.75. The van der Waals surface area contributed by atoms with Crippen LogP contribution in [0.2, 0.25) is 0 Å². The summed E-state index contributed by atoms with van der Waals surface area (Å²) in [5, 5.41) is 20.4. The van der Waals surface area contributed by atoms with Crippen molar-refractivity contribution in [1.29, 1.82) is 0 Å². The summed E-state index contributed by atoms with van der Waals surface area (Å²) in [7, 11) is 0. The summed E-state index contributed by atoms with van der Waals surface area (Å²) < 4.78 is 39.1. The van der Waals surface area contributed by atoms with Gasteiger partial charge in [0.2, 0.25) is 0 Å². The van der Waals surface area contributed by atoms with E-state index in [0.717, 1.165) is 11.1 Å². The number of aryl methyl sites for hydroxylation is 2. The Labute approximate surface area is 321 Å². The molecule has 0 unspecified atom stereocenters. The minimum Gasteiger partial charge on any atom is -0.393 e. The highest BCUT2D eigenvalue weighted by atomic mass is 16.6. The lowest BCUT2D eigenvalue weighted by atomic mass is 9.79. The number of nitrogens with one attached hydrogen (secondary N) is 2. The average molecular weight is 777 g/mol. The molecule has 4 N–H and O–H groups in total. The number of hydrogen-bond donors (Lipinski definition) is 4. The predicted octanol–water partition coefficient (Wildman–Crippen LogP) is 1.74. The van der Waals surface area contributed by atoms with Crippen LogP contribution in [0.1, 0.15) is 60.4 Å². The molecule has 300 valence electrons. The van der Waals surface area contributed by atoms with Crippen LogP contribution in [0.3, 0.4) is 0 Å². The van der Waals surface area contributed by atoms with E-state index in [2.05, 4.69) is 9.97 Å². The Morgan fingerprint density at radius 3 is 1.43 bits per heavy atom. The third-order valence-electron chi connectivity index (χ3n) is 11.5. The first-order valence-corrected chi connectivity index (χ1v) is 18.7. The van der Waals surface area contributed by atoms with Crippen molar-refractivity contribution >= 4 is 0 Å². The Bertz CT molecular complexity index is 2070. The van der Waals surface area contributed by atoms with Crippen LogP contribution in [0.4, 0.5) is 0 Å². The molecule has 56 heavy (non-hydrogen) atoms. The SMILES string of the molecule is Cc1cn([C@H]2C[C@]3(OCc4ccccc4)CCOC[C@@]3(CO)O2)c(=O)[nH]c1=O.Cc1cn([C@H]2C[C@]3(OCc4ccccc4)CCOC[C@@]3(CO)O2)c(=O)[nH]c1=O. The van der Waals surface area contributed by atoms with Crippen molar-refractivity contribution in [2.75, 3.05) is 39.6 Å². The van der Waals surface area contributed by atoms with Crippen LogP contribution in [-0.4, -0.2) is 91.4 Å². The van der Waals surface area contributed by atoms with Gasteiger partial charge in [0.15, 0.2) is 0 Å². The first-order chi connectivity index (χ1) is 27.0. The molecule has 4 aromatic rings. The van der Waals surface area contributed by atoms with Gasteiger partial charge in [-0.05, 0) is 25.0 Å². The molecule has 16 heteroatoms. The molecule has 0 bridgehead atoms. The van der Waals surface area contributed by atoms with E-state index in [9.17, 15) is 29.4 Å². The second-order valence-electron chi connectivity index (χ2n) is 15.0. The molecule has 0 spiro atoms. The second kappa shape index (κ2) is 16.1. The van der Waals surface area contributed by atoms with Crippen LogP contribution in [-0.2, 0) is 41.6 Å². The maximum absolute atomic E-state index is 12.4. The summed E-state index contributed by atoms with van der Waals surface area (Å²) >= 11 is 0. The molecule has 2 aromatic heterocycles. The van der Waals surface area contributed by atoms with Crippen molar-refractivity contribution in [3.8, 4) is 0 Å². The van der Waals surface area contributed by atoms with E-state index in [-0.39, 0.29) is 26.4 Å². The lowest BCUT2D eigenvalue weighted by molar-refractivity contribution is -0.241. The summed E-state index contributed by atoms with van der Waals surface area (Å²) in [5.74, 6) is 0. The van der Waals surface area contributed by atoms with Gasteiger partial charge in [-0.15, -0.1) is 0 Å². The zero-order valence-electron chi connectivity index (χ0n) is 31.4. The number of aromatic nitrogens is 4. The number of fused-ring (bicyclic) bond motifs is 2. The zero-order chi connectivity index (χ0) is 39.6. The third-order valence-corrected chi connectivity index (χ3v) is 11.5. The first-order valence-electron chi connectivity index (χ1n) is 18.7. The second-order valence-corrected chi connectivity index (χ2v) is 15.0. The maximum atomic E-state index is 12.4. The number of rotatable bonds is 10. The molecule has 4 saturated heterocycles. The molecule has 4 aliphatic rings. The van der Waals surface area contributed by atoms with E-state index in [1.165, 1.54) is 21.5 Å². The monoisotopic (exact) mass is 776 g/mol. The van der Waals surface area contributed by atoms with Crippen LogP contribution in [0.5, 0.6) is 0 Å². The fourth-order valence-electron chi connectivity index (χ4n) is 8.18. The summed E-state index contributed by atoms with van der Waals surface area (Å²) in [6.07, 6.45) is 3.44. The van der Waals surface area contributed by atoms with Gasteiger partial charge in [0.1, 0.15) is 34.9 Å². The van der Waals surface area contributed by atoms with Gasteiger partial charge in [-0.3, -0.25) is 28.7 Å². The van der Waals surface area contributed by atoms with Crippen molar-refractivity contribution < 1.29 is 38.6 Å². The summed E-state index contributed by atoms with van der Waals surface area (Å²) in [4.78, 5) is 52.7. The number of aromatic amines is 2. The van der Waals surface area contributed by atoms with Gasteiger partial charge in [0.25, 0.3) is 11.1 Å². The minimum atomic E-state index is -1.08. The quantitative estimate of drug-likeness (QED) is 0.182. The first kappa shape index (κ1) is 39.7. The van der Waals surface area contributed by atoms with Gasteiger partial charge in [-0.25, -0.2) is 9.59 Å². The lowest BCUT2D eigenvalue weighted by Gasteiger charge is -2.45. The highest BCUT2D eigenvalue weighted by Gasteiger charge is 2.64. The van der Waals surface area contributed by atoms with Crippen molar-refractivity contribution in [1.82, 2.24) is 19.1 Å². The number of hydrogen-bond acceptors (Lipinski definition) is 12. The number of benzene rings is 2. The van der Waals surface area contributed by atoms with E-state index < -0.39 is 57.4 Å². The van der Waals surface area contributed by atoms with E-state index >= 15 is 0 Å². The van der Waals surface area contributed by atoms with Gasteiger partial charge >= 0.3 is 11.4 Å². The van der Waals surface area contributed by atoms with E-state index in [1.54, 1.807) is 13.8 Å². The summed E-state index contributed by atoms with van der Waals surface area (Å²) in [6, 6.07) is 19.5. The topological polar surface area (TPSA) is 206 Å². The molecule has 8 rings (SSSR count). The molecule has 2 aromatic carbocycles. The minimum absolute atomic E-state index is 0.172. The van der Waals surface area contributed by atoms with Gasteiger partial charge in [0.05, 0.1) is 39.6 Å². The number of ether oxygens (including phenoxy) is 6. The smallest absolute Gasteiger partial charge is 0.330 e. The van der Waals surface area contributed by atoms with Crippen LogP contribution in [0.15, 0.2) is 92.2 Å². The molecule has 0 amide bonds. The van der Waals surface area contributed by atoms with Crippen molar-refractivity contribution in [2.45, 2.75) is 87.6 Å². The molecule has 0 aliphatic carbocycles. The fourth-order valence-corrected chi connectivity index (χ4v) is 8.18.